The Kier molecular flexibility index (Phi) is 5.31. The van der Waals surface area contributed by atoms with Crippen molar-refractivity contribution in [1.29, 1.82) is 0 Å². The van der Waals surface area contributed by atoms with Gasteiger partial charge in [0.1, 0.15) is 11.2 Å². The molecule has 1 N–H and O–H groups in total. The zero-order chi connectivity index (χ0) is 29.5. The Labute approximate surface area is 263 Å². The lowest BCUT2D eigenvalue weighted by atomic mass is 9.63. The number of furan rings is 1. The molecule has 0 amide bonds. The van der Waals surface area contributed by atoms with Crippen LogP contribution in [0.5, 0.6) is 0 Å². The lowest BCUT2D eigenvalue weighted by Crippen LogP contribution is -2.35. The lowest BCUT2D eigenvalue weighted by Gasteiger charge is -2.39. The second-order valence-electron chi connectivity index (χ2n) is 13.2. The highest BCUT2D eigenvalue weighted by molar-refractivity contribution is 6.12. The Bertz CT molecular complexity index is 2290. The minimum absolute atomic E-state index is 0.0540. The summed E-state index contributed by atoms with van der Waals surface area (Å²) in [6.45, 7) is 0. The van der Waals surface area contributed by atoms with E-state index in [2.05, 4.69) is 121 Å². The standard InChI is InChI=1S/C43H33NO/c1-5-17-35-30(13-1)31-14-2-6-18-36(31)43(35)37-19-7-3-15-32(37)34-26-28(23-24-38(34)43)27-11-9-12-29(25-27)44-39-20-10-22-41-42(39)33-16-4-8-21-40(33)45-41/h1,3-5,7-13,15-17,19-26,31,36,44H,2,6,14,18H2. The van der Waals surface area contributed by atoms with Gasteiger partial charge in [0.15, 0.2) is 0 Å². The van der Waals surface area contributed by atoms with Crippen LogP contribution in [0.25, 0.3) is 44.2 Å². The van der Waals surface area contributed by atoms with Crippen LogP contribution in [0.3, 0.4) is 0 Å². The first-order valence-corrected chi connectivity index (χ1v) is 16.4. The Morgan fingerprint density at radius 3 is 2.31 bits per heavy atom. The van der Waals surface area contributed by atoms with Gasteiger partial charge in [0.25, 0.3) is 0 Å². The predicted octanol–water partition coefficient (Wildman–Crippen LogP) is 11.6. The number of fused-ring (bicyclic) bond motifs is 13. The Hall–Kier alpha value is -5.08. The zero-order valence-electron chi connectivity index (χ0n) is 25.1. The van der Waals surface area contributed by atoms with Crippen molar-refractivity contribution >= 4 is 33.3 Å². The van der Waals surface area contributed by atoms with Gasteiger partial charge in [-0.25, -0.2) is 0 Å². The summed E-state index contributed by atoms with van der Waals surface area (Å²) < 4.78 is 6.15. The maximum atomic E-state index is 6.15. The number of nitrogens with one attached hydrogen (secondary N) is 1. The van der Waals surface area contributed by atoms with E-state index >= 15 is 0 Å². The van der Waals surface area contributed by atoms with Crippen molar-refractivity contribution in [2.75, 3.05) is 5.32 Å². The van der Waals surface area contributed by atoms with Crippen LogP contribution in [0.4, 0.5) is 11.4 Å². The molecular formula is C43H33NO. The molecule has 1 spiro atoms. The Morgan fingerprint density at radius 1 is 0.578 bits per heavy atom. The van der Waals surface area contributed by atoms with Gasteiger partial charge in [-0.2, -0.15) is 0 Å². The molecule has 3 unspecified atom stereocenters. The quantitative estimate of drug-likeness (QED) is 0.225. The van der Waals surface area contributed by atoms with Crippen LogP contribution < -0.4 is 5.32 Å². The van der Waals surface area contributed by atoms with Gasteiger partial charge in [-0.3, -0.25) is 0 Å². The minimum Gasteiger partial charge on any atom is -0.456 e. The van der Waals surface area contributed by atoms with Gasteiger partial charge in [-0.1, -0.05) is 110 Å². The van der Waals surface area contributed by atoms with E-state index in [0.29, 0.717) is 11.8 Å². The summed E-state index contributed by atoms with van der Waals surface area (Å²) in [5.41, 5.74) is 15.3. The molecule has 0 radical (unpaired) electrons. The molecule has 1 fully saturated rings. The minimum atomic E-state index is -0.0540. The molecular weight excluding hydrogens is 546 g/mol. The molecule has 0 saturated heterocycles. The topological polar surface area (TPSA) is 25.2 Å². The third-order valence-corrected chi connectivity index (χ3v) is 11.1. The van der Waals surface area contributed by atoms with Crippen molar-refractivity contribution in [1.82, 2.24) is 0 Å². The first kappa shape index (κ1) is 25.3. The smallest absolute Gasteiger partial charge is 0.137 e. The number of hydrogen-bond donors (Lipinski definition) is 1. The first-order valence-electron chi connectivity index (χ1n) is 16.4. The summed E-state index contributed by atoms with van der Waals surface area (Å²) in [5.74, 6) is 1.26. The molecule has 0 aliphatic heterocycles. The maximum Gasteiger partial charge on any atom is 0.137 e. The highest BCUT2D eigenvalue weighted by Gasteiger charge is 2.57. The third kappa shape index (κ3) is 3.45. The second kappa shape index (κ2) is 9.46. The molecule has 3 aliphatic rings. The monoisotopic (exact) mass is 579 g/mol. The zero-order valence-corrected chi connectivity index (χ0v) is 25.1. The molecule has 1 aromatic heterocycles. The molecule has 10 rings (SSSR count). The maximum absolute atomic E-state index is 6.15. The fraction of sp³-hybridized carbons (Fsp3) is 0.163. The highest BCUT2D eigenvalue weighted by atomic mass is 16.3. The van der Waals surface area contributed by atoms with Crippen LogP contribution in [-0.2, 0) is 5.41 Å². The van der Waals surface area contributed by atoms with Crippen molar-refractivity contribution in [3.05, 3.63) is 156 Å². The highest BCUT2D eigenvalue weighted by Crippen LogP contribution is 2.67. The van der Waals surface area contributed by atoms with Gasteiger partial charge >= 0.3 is 0 Å². The number of anilines is 2. The van der Waals surface area contributed by atoms with E-state index in [4.69, 9.17) is 4.42 Å². The van der Waals surface area contributed by atoms with Crippen molar-refractivity contribution in [2.24, 2.45) is 5.92 Å². The molecule has 1 heterocycles. The molecule has 2 nitrogen and oxygen atoms in total. The fourth-order valence-electron chi connectivity index (χ4n) is 9.40. The summed E-state index contributed by atoms with van der Waals surface area (Å²) in [6, 6.07) is 49.3. The number of benzene rings is 6. The molecule has 45 heavy (non-hydrogen) atoms. The van der Waals surface area contributed by atoms with Gasteiger partial charge in [-0.05, 0) is 106 Å². The Balaban J connectivity index is 1.09. The van der Waals surface area contributed by atoms with Gasteiger partial charge in [0, 0.05) is 16.5 Å². The molecule has 6 aromatic carbocycles. The normalized spacial score (nSPS) is 21.1. The number of rotatable bonds is 3. The van der Waals surface area contributed by atoms with Crippen LogP contribution in [0.1, 0.15) is 53.9 Å². The lowest BCUT2D eigenvalue weighted by molar-refractivity contribution is 0.265. The summed E-state index contributed by atoms with van der Waals surface area (Å²) in [5, 5.41) is 5.98. The second-order valence-corrected chi connectivity index (χ2v) is 13.2. The van der Waals surface area contributed by atoms with E-state index in [1.54, 1.807) is 11.1 Å². The van der Waals surface area contributed by atoms with E-state index < -0.39 is 0 Å². The van der Waals surface area contributed by atoms with Crippen LogP contribution in [0.2, 0.25) is 0 Å². The van der Waals surface area contributed by atoms with E-state index in [1.165, 1.54) is 59.1 Å². The van der Waals surface area contributed by atoms with E-state index in [-0.39, 0.29) is 5.41 Å². The van der Waals surface area contributed by atoms with Crippen molar-refractivity contribution in [3.8, 4) is 22.3 Å². The molecule has 3 aliphatic carbocycles. The largest absolute Gasteiger partial charge is 0.456 e. The van der Waals surface area contributed by atoms with Gasteiger partial charge in [0.05, 0.1) is 11.1 Å². The summed E-state index contributed by atoms with van der Waals surface area (Å²) >= 11 is 0. The van der Waals surface area contributed by atoms with Gasteiger partial charge < -0.3 is 9.73 Å². The summed E-state index contributed by atoms with van der Waals surface area (Å²) in [4.78, 5) is 0. The molecule has 2 heteroatoms. The average molecular weight is 580 g/mol. The van der Waals surface area contributed by atoms with Gasteiger partial charge in [0.2, 0.25) is 0 Å². The summed E-state index contributed by atoms with van der Waals surface area (Å²) in [6.07, 6.45) is 5.27. The average Bonchev–Trinajstić information content (AvgIpc) is 3.73. The van der Waals surface area contributed by atoms with E-state index in [1.807, 2.05) is 18.2 Å². The number of hydrogen-bond acceptors (Lipinski definition) is 2. The van der Waals surface area contributed by atoms with Crippen LogP contribution >= 0.6 is 0 Å². The predicted molar refractivity (Wildman–Crippen MR) is 185 cm³/mol. The van der Waals surface area contributed by atoms with E-state index in [0.717, 1.165) is 33.3 Å². The molecule has 216 valence electrons. The molecule has 1 saturated carbocycles. The summed E-state index contributed by atoms with van der Waals surface area (Å²) in [7, 11) is 0. The van der Waals surface area contributed by atoms with E-state index in [9.17, 15) is 0 Å². The molecule has 3 atom stereocenters. The van der Waals surface area contributed by atoms with Crippen molar-refractivity contribution in [2.45, 2.75) is 37.0 Å². The molecule has 0 bridgehead atoms. The van der Waals surface area contributed by atoms with Crippen LogP contribution in [0, 0.1) is 5.92 Å². The van der Waals surface area contributed by atoms with Crippen LogP contribution in [-0.4, -0.2) is 0 Å². The Morgan fingerprint density at radius 2 is 1.33 bits per heavy atom. The van der Waals surface area contributed by atoms with Crippen molar-refractivity contribution < 1.29 is 4.42 Å². The number of para-hydroxylation sites is 1. The van der Waals surface area contributed by atoms with Crippen molar-refractivity contribution in [3.63, 3.8) is 0 Å². The SMILES string of the molecule is c1cc(Nc2cccc3oc4ccccc4c23)cc(-c2ccc3c(c2)-c2ccccc2C32c3ccccc3C3CCCCC32)c1. The first-order chi connectivity index (χ1) is 22.3. The van der Waals surface area contributed by atoms with Crippen LogP contribution in [0.15, 0.2) is 138 Å². The fourth-order valence-corrected chi connectivity index (χ4v) is 9.40. The van der Waals surface area contributed by atoms with Gasteiger partial charge in [-0.15, -0.1) is 0 Å². The molecule has 7 aromatic rings. The third-order valence-electron chi connectivity index (χ3n) is 11.1.